The first kappa shape index (κ1) is 49.0. The average Bonchev–Trinajstić information content (AvgIpc) is 3.53. The van der Waals surface area contributed by atoms with Crippen molar-refractivity contribution in [3.05, 3.63) is 67.6 Å². The zero-order chi connectivity index (χ0) is 43.6. The number of carbonyl (C=O) groups excluding carboxylic acids is 2. The number of ether oxygens (including phenoxy) is 4. The van der Waals surface area contributed by atoms with Gasteiger partial charge in [0.15, 0.2) is 5.54 Å². The van der Waals surface area contributed by atoms with E-state index >= 15 is 0 Å². The fraction of sp³-hybridized carbons (Fsp3) is 0.689. The van der Waals surface area contributed by atoms with Crippen LogP contribution in [0.1, 0.15) is 110 Å². The molecule has 6 rings (SSSR count). The zero-order valence-corrected chi connectivity index (χ0v) is 40.6. The van der Waals surface area contributed by atoms with Crippen molar-refractivity contribution >= 4 is 54.8 Å². The van der Waals surface area contributed by atoms with Crippen molar-refractivity contribution in [1.82, 2.24) is 4.72 Å². The van der Waals surface area contributed by atoms with E-state index in [1.54, 1.807) is 14.2 Å². The minimum atomic E-state index is -1.46. The molecular formula is C45H68Br2N2O8S. The molecule has 2 aromatic rings. The van der Waals surface area contributed by atoms with Gasteiger partial charge in [-0.2, -0.15) is 0 Å². The third kappa shape index (κ3) is 8.68. The van der Waals surface area contributed by atoms with Crippen molar-refractivity contribution in [1.29, 1.82) is 0 Å². The predicted molar refractivity (Wildman–Crippen MR) is 237 cm³/mol. The van der Waals surface area contributed by atoms with Gasteiger partial charge in [-0.25, -0.2) is 18.5 Å². The summed E-state index contributed by atoms with van der Waals surface area (Å²) in [6.07, 6.45) is 5.19. The molecule has 2 saturated carbocycles. The van der Waals surface area contributed by atoms with E-state index in [2.05, 4.69) is 76.4 Å². The summed E-state index contributed by atoms with van der Waals surface area (Å²) in [6.45, 7) is 18.8. The van der Waals surface area contributed by atoms with E-state index in [9.17, 15) is 13.8 Å². The Morgan fingerprint density at radius 2 is 1.16 bits per heavy atom. The van der Waals surface area contributed by atoms with Crippen molar-refractivity contribution < 1.29 is 37.9 Å². The molecule has 13 heteroatoms. The van der Waals surface area contributed by atoms with Crippen LogP contribution in [0, 0.1) is 34.5 Å². The number of benzene rings is 2. The Morgan fingerprint density at radius 3 is 1.59 bits per heavy atom. The standard InChI is InChI=1S/C24H36BrNO4S.C20H28BrNO3.CH4O/c1-8-30-21(27)24(26-31(28)22(4,5)6)19-11-18(25)10-9-17(19)14-23(24)12-15(2)20(29-7)16(3)13-23;1-5-25-18(23)20(22)16-8-15(21)7-6-14(16)11-19(20)9-12(2)17(24-4)13(3)10-19;1-2/h9-11,15-16,20,26H,8,12-14H2,1-7H3;6-8,12-13,17H,5,9-11,22H2,1-4H3;2H,1H3/t15-,16+,20?,23?,24-,31+;12-,13+,17?,19?,20-;/m11./s1. The molecule has 0 heterocycles. The fourth-order valence-corrected chi connectivity index (χ4v) is 13.1. The van der Waals surface area contributed by atoms with Gasteiger partial charge < -0.3 is 29.8 Å². The number of esters is 2. The summed E-state index contributed by atoms with van der Waals surface area (Å²) >= 11 is 7.13. The minimum Gasteiger partial charge on any atom is -0.464 e. The lowest BCUT2D eigenvalue weighted by molar-refractivity contribution is -0.163. The maximum absolute atomic E-state index is 13.9. The number of nitrogens with one attached hydrogen (secondary N) is 1. The summed E-state index contributed by atoms with van der Waals surface area (Å²) in [7, 11) is 3.08. The summed E-state index contributed by atoms with van der Waals surface area (Å²) in [6, 6.07) is 12.2. The van der Waals surface area contributed by atoms with E-state index in [0.717, 1.165) is 76.8 Å². The molecule has 11 atom stereocenters. The predicted octanol–water partition coefficient (Wildman–Crippen LogP) is 8.28. The SMILES string of the molecule is CCOC(=O)[C@]1(N)c2cc(Br)ccc2CC12C[C@@H](C)C(OC)[C@@H](C)C2.CCOC(=O)[C@]1(N[S@@](=O)C(C)(C)C)c2cc(Br)ccc2CC12C[C@@H](C)C(OC)[C@@H](C)C2.CO. The number of hydrogen-bond acceptors (Lipinski definition) is 9. The van der Waals surface area contributed by atoms with Gasteiger partial charge >= 0.3 is 11.9 Å². The average molecular weight is 957 g/mol. The van der Waals surface area contributed by atoms with E-state index in [1.807, 2.05) is 58.9 Å². The molecule has 326 valence electrons. The smallest absolute Gasteiger partial charge is 0.332 e. The molecule has 0 aromatic heterocycles. The Morgan fingerprint density at radius 1 is 0.759 bits per heavy atom. The van der Waals surface area contributed by atoms with Crippen LogP contribution in [0.5, 0.6) is 0 Å². The van der Waals surface area contributed by atoms with Crippen LogP contribution in [-0.4, -0.2) is 72.8 Å². The first-order valence-electron chi connectivity index (χ1n) is 20.6. The van der Waals surface area contributed by atoms with Gasteiger partial charge in [0, 0.05) is 41.1 Å². The highest BCUT2D eigenvalue weighted by Gasteiger charge is 2.67. The minimum absolute atomic E-state index is 0.133. The quantitative estimate of drug-likeness (QED) is 0.223. The molecule has 4 N–H and O–H groups in total. The Labute approximate surface area is 366 Å². The van der Waals surface area contributed by atoms with Gasteiger partial charge in [-0.3, -0.25) is 0 Å². The Hall–Kier alpha value is -1.71. The van der Waals surface area contributed by atoms with Crippen LogP contribution in [0.2, 0.25) is 0 Å². The lowest BCUT2D eigenvalue weighted by atomic mass is 9.56. The van der Waals surface area contributed by atoms with Gasteiger partial charge in [0.2, 0.25) is 0 Å². The number of hydrogen-bond donors (Lipinski definition) is 3. The van der Waals surface area contributed by atoms with Crippen LogP contribution < -0.4 is 10.5 Å². The number of nitrogens with two attached hydrogens (primary N) is 1. The number of methoxy groups -OCH3 is 2. The molecule has 2 aromatic carbocycles. The van der Waals surface area contributed by atoms with E-state index in [1.165, 1.54) is 0 Å². The van der Waals surface area contributed by atoms with Crippen molar-refractivity contribution in [3.8, 4) is 0 Å². The molecule has 58 heavy (non-hydrogen) atoms. The first-order chi connectivity index (χ1) is 27.2. The highest BCUT2D eigenvalue weighted by atomic mass is 79.9. The molecular weight excluding hydrogens is 888 g/mol. The normalized spacial score (nSPS) is 34.2. The molecule has 0 aliphatic heterocycles. The first-order valence-corrected chi connectivity index (χ1v) is 23.4. The molecule has 0 amide bonds. The molecule has 10 nitrogen and oxygen atoms in total. The lowest BCUT2D eigenvalue weighted by Gasteiger charge is -2.52. The topological polar surface area (TPSA) is 146 Å². The van der Waals surface area contributed by atoms with Crippen LogP contribution >= 0.6 is 31.9 Å². The highest BCUT2D eigenvalue weighted by molar-refractivity contribution is 9.10. The molecule has 0 radical (unpaired) electrons. The summed E-state index contributed by atoms with van der Waals surface area (Å²) < 4.78 is 40.9. The van der Waals surface area contributed by atoms with Crippen LogP contribution in [0.15, 0.2) is 45.3 Å². The van der Waals surface area contributed by atoms with Crippen LogP contribution in [0.25, 0.3) is 0 Å². The Balaban J connectivity index is 0.000000251. The van der Waals surface area contributed by atoms with E-state index in [0.29, 0.717) is 18.4 Å². The fourth-order valence-electron chi connectivity index (χ4n) is 11.4. The van der Waals surface area contributed by atoms with Crippen molar-refractivity contribution in [3.63, 3.8) is 0 Å². The summed E-state index contributed by atoms with van der Waals surface area (Å²) in [4.78, 5) is 27.0. The number of aliphatic hydroxyl groups excluding tert-OH is 1. The van der Waals surface area contributed by atoms with Crippen molar-refractivity contribution in [2.45, 2.75) is 129 Å². The Kier molecular flexibility index (Phi) is 16.1. The Bertz CT molecular complexity index is 1780. The second kappa shape index (κ2) is 19.1. The van der Waals surface area contributed by atoms with Crippen LogP contribution in [0.4, 0.5) is 0 Å². The molecule has 4 unspecified atom stereocenters. The van der Waals surface area contributed by atoms with Gasteiger partial charge in [0.1, 0.15) is 5.54 Å². The van der Waals surface area contributed by atoms with E-state index in [4.69, 9.17) is 29.8 Å². The lowest BCUT2D eigenvalue weighted by Crippen LogP contribution is -2.64. The monoisotopic (exact) mass is 954 g/mol. The summed E-state index contributed by atoms with van der Waals surface area (Å²) in [5.41, 5.74) is 7.97. The highest BCUT2D eigenvalue weighted by Crippen LogP contribution is 2.62. The van der Waals surface area contributed by atoms with Gasteiger partial charge in [-0.1, -0.05) is 71.7 Å². The number of carbonyl (C=O) groups is 2. The number of rotatable bonds is 8. The number of fused-ring (bicyclic) bond motifs is 2. The summed E-state index contributed by atoms with van der Waals surface area (Å²) in [5.74, 6) is 0.546. The second-order valence-corrected chi connectivity index (χ2v) is 21.9. The van der Waals surface area contributed by atoms with Gasteiger partial charge in [-0.15, -0.1) is 0 Å². The maximum Gasteiger partial charge on any atom is 0.332 e. The maximum atomic E-state index is 13.9. The van der Waals surface area contributed by atoms with Gasteiger partial charge in [-0.05, 0) is 143 Å². The van der Waals surface area contributed by atoms with Crippen molar-refractivity contribution in [2.24, 2.45) is 40.2 Å². The largest absolute Gasteiger partial charge is 0.464 e. The van der Waals surface area contributed by atoms with Gasteiger partial charge in [0.05, 0.1) is 41.2 Å². The molecule has 0 bridgehead atoms. The molecule has 4 aliphatic rings. The van der Waals surface area contributed by atoms with Crippen molar-refractivity contribution in [2.75, 3.05) is 34.5 Å². The van der Waals surface area contributed by atoms with E-state index < -0.39 is 32.2 Å². The third-order valence-corrected chi connectivity index (χ3v) is 15.9. The zero-order valence-electron chi connectivity index (χ0n) is 36.6. The number of halogens is 2. The number of aliphatic hydroxyl groups is 1. The summed E-state index contributed by atoms with van der Waals surface area (Å²) in [5, 5.41) is 7.00. The van der Waals surface area contributed by atoms with Crippen LogP contribution in [-0.2, 0) is 63.4 Å². The van der Waals surface area contributed by atoms with E-state index in [-0.39, 0.29) is 48.0 Å². The second-order valence-electron chi connectivity index (χ2n) is 18.1. The third-order valence-electron chi connectivity index (χ3n) is 13.3. The van der Waals surface area contributed by atoms with Crippen LogP contribution in [0.3, 0.4) is 0 Å². The molecule has 0 saturated heterocycles. The molecule has 4 aliphatic carbocycles. The van der Waals surface area contributed by atoms with Gasteiger partial charge in [0.25, 0.3) is 0 Å². The molecule has 2 spiro atoms. The molecule has 2 fully saturated rings.